The van der Waals surface area contributed by atoms with Gasteiger partial charge in [0.15, 0.2) is 0 Å². The second kappa shape index (κ2) is 6.01. The Balaban J connectivity index is 3.77. The molecule has 0 heterocycles. The molecule has 0 saturated heterocycles. The molecule has 0 fully saturated rings. The molecule has 0 aliphatic carbocycles. The lowest BCUT2D eigenvalue weighted by Gasteiger charge is -2.01. The number of nitroso groups, excluding NO2 is 1. The molecule has 0 N–H and O–H groups in total. The standard InChI is InChI=1S/C8H16N2O/c1-4-7(3)9-6-8(5-2)10-11/h6-8H,4-5H2,1-3H3. The third kappa shape index (κ3) is 4.65. The summed E-state index contributed by atoms with van der Waals surface area (Å²) in [4.78, 5) is 14.3. The second-order valence-electron chi connectivity index (χ2n) is 2.64. The first-order chi connectivity index (χ1) is 5.24. The van der Waals surface area contributed by atoms with Crippen molar-refractivity contribution in [2.45, 2.75) is 45.7 Å². The van der Waals surface area contributed by atoms with Gasteiger partial charge in [0.25, 0.3) is 0 Å². The molecule has 3 nitrogen and oxygen atoms in total. The van der Waals surface area contributed by atoms with Gasteiger partial charge in [-0.15, -0.1) is 0 Å². The normalized spacial score (nSPS) is 16.6. The van der Waals surface area contributed by atoms with Crippen LogP contribution in [0, 0.1) is 4.91 Å². The maximum atomic E-state index is 10.1. The maximum absolute atomic E-state index is 10.1. The summed E-state index contributed by atoms with van der Waals surface area (Å²) in [6.07, 6.45) is 3.40. The number of hydrogen-bond acceptors (Lipinski definition) is 3. The van der Waals surface area contributed by atoms with Crippen molar-refractivity contribution in [3.05, 3.63) is 4.91 Å². The minimum absolute atomic E-state index is 0.232. The van der Waals surface area contributed by atoms with Crippen LogP contribution in [0.15, 0.2) is 10.2 Å². The summed E-state index contributed by atoms with van der Waals surface area (Å²) in [5.74, 6) is 0. The molecule has 0 rings (SSSR count). The zero-order valence-corrected chi connectivity index (χ0v) is 7.45. The van der Waals surface area contributed by atoms with E-state index in [9.17, 15) is 4.91 Å². The molecule has 11 heavy (non-hydrogen) atoms. The molecule has 0 aliphatic rings. The smallest absolute Gasteiger partial charge is 0.126 e. The van der Waals surface area contributed by atoms with E-state index in [0.29, 0.717) is 6.04 Å². The molecule has 2 atom stereocenters. The highest BCUT2D eigenvalue weighted by Gasteiger charge is 2.00. The zero-order valence-electron chi connectivity index (χ0n) is 7.45. The van der Waals surface area contributed by atoms with Crippen LogP contribution in [-0.2, 0) is 0 Å². The van der Waals surface area contributed by atoms with Crippen molar-refractivity contribution in [3.8, 4) is 0 Å². The predicted octanol–water partition coefficient (Wildman–Crippen LogP) is 2.40. The Kier molecular flexibility index (Phi) is 5.61. The summed E-state index contributed by atoms with van der Waals surface area (Å²) in [5.41, 5.74) is 0. The van der Waals surface area contributed by atoms with E-state index in [0.717, 1.165) is 12.8 Å². The Bertz CT molecular complexity index is 134. The summed E-state index contributed by atoms with van der Waals surface area (Å²) < 4.78 is 0. The molecule has 2 unspecified atom stereocenters. The van der Waals surface area contributed by atoms with Crippen molar-refractivity contribution in [1.29, 1.82) is 0 Å². The van der Waals surface area contributed by atoms with E-state index in [1.807, 2.05) is 13.8 Å². The van der Waals surface area contributed by atoms with Crippen molar-refractivity contribution in [1.82, 2.24) is 0 Å². The lowest BCUT2D eigenvalue weighted by atomic mass is 10.2. The number of hydrogen-bond donors (Lipinski definition) is 0. The Hall–Kier alpha value is -0.730. The Morgan fingerprint density at radius 3 is 2.36 bits per heavy atom. The van der Waals surface area contributed by atoms with Gasteiger partial charge in [-0.25, -0.2) is 0 Å². The molecular formula is C8H16N2O. The van der Waals surface area contributed by atoms with Gasteiger partial charge < -0.3 is 0 Å². The highest BCUT2D eigenvalue weighted by atomic mass is 16.3. The summed E-state index contributed by atoms with van der Waals surface area (Å²) in [6, 6.07) is 0.0785. The fraction of sp³-hybridized carbons (Fsp3) is 0.875. The molecule has 0 aromatic rings. The molecular weight excluding hydrogens is 140 g/mol. The molecule has 0 aromatic heterocycles. The third-order valence-electron chi connectivity index (χ3n) is 1.66. The van der Waals surface area contributed by atoms with Gasteiger partial charge in [-0.2, -0.15) is 4.91 Å². The van der Waals surface area contributed by atoms with Crippen LogP contribution in [0.25, 0.3) is 0 Å². The van der Waals surface area contributed by atoms with Crippen LogP contribution in [-0.4, -0.2) is 18.3 Å². The van der Waals surface area contributed by atoms with Crippen LogP contribution in [0.4, 0.5) is 0 Å². The average Bonchev–Trinajstić information content (AvgIpc) is 2.06. The molecule has 0 amide bonds. The fourth-order valence-electron chi connectivity index (χ4n) is 0.559. The summed E-state index contributed by atoms with van der Waals surface area (Å²) in [5, 5.41) is 2.91. The molecule has 0 radical (unpaired) electrons. The zero-order chi connectivity index (χ0) is 8.69. The fourth-order valence-corrected chi connectivity index (χ4v) is 0.559. The number of rotatable bonds is 5. The number of nitrogens with zero attached hydrogens (tertiary/aromatic N) is 2. The first kappa shape index (κ1) is 10.3. The maximum Gasteiger partial charge on any atom is 0.126 e. The van der Waals surface area contributed by atoms with E-state index in [1.165, 1.54) is 0 Å². The molecule has 0 spiro atoms. The van der Waals surface area contributed by atoms with Gasteiger partial charge >= 0.3 is 0 Å². The van der Waals surface area contributed by atoms with E-state index >= 15 is 0 Å². The molecule has 64 valence electrons. The van der Waals surface area contributed by atoms with Gasteiger partial charge in [0, 0.05) is 12.3 Å². The van der Waals surface area contributed by atoms with E-state index in [2.05, 4.69) is 17.1 Å². The van der Waals surface area contributed by atoms with Crippen LogP contribution in [0.5, 0.6) is 0 Å². The monoisotopic (exact) mass is 156 g/mol. The van der Waals surface area contributed by atoms with Gasteiger partial charge in [-0.05, 0) is 19.8 Å². The molecule has 0 saturated carbocycles. The van der Waals surface area contributed by atoms with E-state index in [4.69, 9.17) is 0 Å². The van der Waals surface area contributed by atoms with E-state index in [1.54, 1.807) is 6.21 Å². The van der Waals surface area contributed by atoms with E-state index in [-0.39, 0.29) is 6.04 Å². The summed E-state index contributed by atoms with van der Waals surface area (Å²) in [7, 11) is 0. The average molecular weight is 156 g/mol. The van der Waals surface area contributed by atoms with Crippen molar-refractivity contribution < 1.29 is 0 Å². The predicted molar refractivity (Wildman–Crippen MR) is 48.1 cm³/mol. The van der Waals surface area contributed by atoms with Gasteiger partial charge in [-0.1, -0.05) is 19.0 Å². The van der Waals surface area contributed by atoms with Crippen LogP contribution in [0.1, 0.15) is 33.6 Å². The summed E-state index contributed by atoms with van der Waals surface area (Å²) in [6.45, 7) is 6.01. The first-order valence-corrected chi connectivity index (χ1v) is 4.10. The van der Waals surface area contributed by atoms with Crippen LogP contribution >= 0.6 is 0 Å². The Labute approximate surface area is 67.9 Å². The Morgan fingerprint density at radius 1 is 1.36 bits per heavy atom. The van der Waals surface area contributed by atoms with Crippen LogP contribution < -0.4 is 0 Å². The van der Waals surface area contributed by atoms with Crippen LogP contribution in [0.3, 0.4) is 0 Å². The van der Waals surface area contributed by atoms with Crippen molar-refractivity contribution >= 4 is 6.21 Å². The van der Waals surface area contributed by atoms with Crippen LogP contribution in [0.2, 0.25) is 0 Å². The second-order valence-corrected chi connectivity index (χ2v) is 2.64. The molecule has 0 aliphatic heterocycles. The van der Waals surface area contributed by atoms with Gasteiger partial charge in [0.2, 0.25) is 0 Å². The SMILES string of the molecule is CCC(C)N=CC(CC)N=O. The minimum Gasteiger partial charge on any atom is -0.292 e. The van der Waals surface area contributed by atoms with Crippen molar-refractivity contribution in [2.75, 3.05) is 0 Å². The number of aliphatic imine (C=N–C) groups is 1. The lowest BCUT2D eigenvalue weighted by Crippen LogP contribution is -2.05. The van der Waals surface area contributed by atoms with Gasteiger partial charge in [0.1, 0.15) is 6.04 Å². The lowest BCUT2D eigenvalue weighted by molar-refractivity contribution is 0.709. The summed E-state index contributed by atoms with van der Waals surface area (Å²) >= 11 is 0. The molecule has 0 bridgehead atoms. The largest absolute Gasteiger partial charge is 0.292 e. The highest BCUT2D eigenvalue weighted by molar-refractivity contribution is 5.64. The first-order valence-electron chi connectivity index (χ1n) is 4.10. The molecule has 0 aromatic carbocycles. The van der Waals surface area contributed by atoms with E-state index < -0.39 is 0 Å². The Morgan fingerprint density at radius 2 is 2.00 bits per heavy atom. The van der Waals surface area contributed by atoms with Crippen molar-refractivity contribution in [3.63, 3.8) is 0 Å². The third-order valence-corrected chi connectivity index (χ3v) is 1.66. The topological polar surface area (TPSA) is 41.8 Å². The molecule has 3 heteroatoms. The van der Waals surface area contributed by atoms with Gasteiger partial charge in [0.05, 0.1) is 0 Å². The minimum atomic E-state index is -0.232. The van der Waals surface area contributed by atoms with Gasteiger partial charge in [-0.3, -0.25) is 4.99 Å². The van der Waals surface area contributed by atoms with Crippen molar-refractivity contribution in [2.24, 2.45) is 10.2 Å². The quantitative estimate of drug-likeness (QED) is 0.445. The highest BCUT2D eigenvalue weighted by Crippen LogP contribution is 1.97.